The van der Waals surface area contributed by atoms with Crippen molar-refractivity contribution < 1.29 is 13.2 Å². The molecular weight excluding hydrogens is 229 g/mol. The molecule has 1 fully saturated rings. The Morgan fingerprint density at radius 2 is 2.00 bits per heavy atom. The summed E-state index contributed by atoms with van der Waals surface area (Å²) in [6.45, 7) is 4.03. The zero-order valence-corrected chi connectivity index (χ0v) is 10.4. The molecule has 2 N–H and O–H groups in total. The van der Waals surface area contributed by atoms with Crippen LogP contribution < -0.4 is 10.6 Å². The van der Waals surface area contributed by atoms with Crippen molar-refractivity contribution in [2.75, 3.05) is 19.6 Å². The molecule has 0 aromatic heterocycles. The molecule has 0 aliphatic carbocycles. The summed E-state index contributed by atoms with van der Waals surface area (Å²) in [6.07, 6.45) is 0.554. The normalized spacial score (nSPS) is 25.4. The Labute approximate surface area is 101 Å². The van der Waals surface area contributed by atoms with Crippen LogP contribution in [-0.2, 0) is 0 Å². The maximum Gasteiger partial charge on any atom is 0.393 e. The van der Waals surface area contributed by atoms with E-state index in [0.717, 1.165) is 25.9 Å². The minimum atomic E-state index is -4.03. The molecule has 0 aromatic carbocycles. The molecule has 0 amide bonds. The predicted octanol–water partition coefficient (Wildman–Crippen LogP) is 2.70. The van der Waals surface area contributed by atoms with Crippen molar-refractivity contribution in [3.63, 3.8) is 0 Å². The second kappa shape index (κ2) is 7.21. The Balaban J connectivity index is 2.02. The monoisotopic (exact) mass is 252 g/mol. The SMILES string of the molecule is CCCCCNCCC1CC(C(F)(F)F)CN1. The van der Waals surface area contributed by atoms with Gasteiger partial charge in [0.05, 0.1) is 5.92 Å². The average Bonchev–Trinajstić information content (AvgIpc) is 2.71. The van der Waals surface area contributed by atoms with Gasteiger partial charge in [-0.2, -0.15) is 13.2 Å². The molecule has 0 aromatic rings. The van der Waals surface area contributed by atoms with E-state index in [1.54, 1.807) is 0 Å². The maximum absolute atomic E-state index is 12.4. The largest absolute Gasteiger partial charge is 0.393 e. The minimum Gasteiger partial charge on any atom is -0.317 e. The van der Waals surface area contributed by atoms with Crippen LogP contribution in [0.2, 0.25) is 0 Å². The van der Waals surface area contributed by atoms with Gasteiger partial charge in [0.2, 0.25) is 0 Å². The molecular formula is C12H23F3N2. The van der Waals surface area contributed by atoms with E-state index in [4.69, 9.17) is 0 Å². The second-order valence-corrected chi connectivity index (χ2v) is 4.83. The van der Waals surface area contributed by atoms with Gasteiger partial charge in [-0.15, -0.1) is 0 Å². The van der Waals surface area contributed by atoms with Crippen LogP contribution in [0.5, 0.6) is 0 Å². The van der Waals surface area contributed by atoms with Crippen LogP contribution in [0.3, 0.4) is 0 Å². The maximum atomic E-state index is 12.4. The molecule has 1 saturated heterocycles. The van der Waals surface area contributed by atoms with E-state index >= 15 is 0 Å². The summed E-state index contributed by atoms with van der Waals surface area (Å²) in [5.74, 6) is -1.15. The highest BCUT2D eigenvalue weighted by molar-refractivity contribution is 4.85. The van der Waals surface area contributed by atoms with Gasteiger partial charge in [-0.1, -0.05) is 19.8 Å². The molecule has 2 nitrogen and oxygen atoms in total. The van der Waals surface area contributed by atoms with Crippen molar-refractivity contribution >= 4 is 0 Å². The third kappa shape index (κ3) is 5.73. The number of hydrogen-bond acceptors (Lipinski definition) is 2. The van der Waals surface area contributed by atoms with Gasteiger partial charge in [0, 0.05) is 12.6 Å². The summed E-state index contributed by atoms with van der Waals surface area (Å²) in [5.41, 5.74) is 0. The molecule has 0 spiro atoms. The van der Waals surface area contributed by atoms with Gasteiger partial charge in [0.1, 0.15) is 0 Å². The summed E-state index contributed by atoms with van der Waals surface area (Å²) in [4.78, 5) is 0. The van der Waals surface area contributed by atoms with Gasteiger partial charge >= 0.3 is 6.18 Å². The zero-order valence-electron chi connectivity index (χ0n) is 10.4. The molecule has 0 bridgehead atoms. The molecule has 1 aliphatic heterocycles. The van der Waals surface area contributed by atoms with Gasteiger partial charge < -0.3 is 10.6 Å². The van der Waals surface area contributed by atoms with Crippen LogP contribution in [0.1, 0.15) is 39.0 Å². The molecule has 1 rings (SSSR count). The fourth-order valence-corrected chi connectivity index (χ4v) is 2.19. The second-order valence-electron chi connectivity index (χ2n) is 4.83. The lowest BCUT2D eigenvalue weighted by molar-refractivity contribution is -0.169. The first-order chi connectivity index (χ1) is 8.04. The van der Waals surface area contributed by atoms with E-state index in [9.17, 15) is 13.2 Å². The average molecular weight is 252 g/mol. The molecule has 17 heavy (non-hydrogen) atoms. The molecule has 2 atom stereocenters. The fourth-order valence-electron chi connectivity index (χ4n) is 2.19. The van der Waals surface area contributed by atoms with Gasteiger partial charge in [-0.25, -0.2) is 0 Å². The van der Waals surface area contributed by atoms with Gasteiger partial charge in [0.15, 0.2) is 0 Å². The van der Waals surface area contributed by atoms with Gasteiger partial charge in [-0.3, -0.25) is 0 Å². The Morgan fingerprint density at radius 3 is 2.59 bits per heavy atom. The zero-order chi connectivity index (χ0) is 12.7. The topological polar surface area (TPSA) is 24.1 Å². The summed E-state index contributed by atoms with van der Waals surface area (Å²) in [6, 6.07) is 0.0281. The molecule has 102 valence electrons. The Bertz CT molecular complexity index is 206. The van der Waals surface area contributed by atoms with Gasteiger partial charge in [0.25, 0.3) is 0 Å². The van der Waals surface area contributed by atoms with Crippen LogP contribution in [0, 0.1) is 5.92 Å². The van der Waals surface area contributed by atoms with Crippen molar-refractivity contribution in [3.8, 4) is 0 Å². The Kier molecular flexibility index (Phi) is 6.27. The number of halogens is 3. The van der Waals surface area contributed by atoms with Crippen LogP contribution in [-0.4, -0.2) is 31.9 Å². The lowest BCUT2D eigenvalue weighted by Crippen LogP contribution is -2.27. The van der Waals surface area contributed by atoms with Crippen molar-refractivity contribution in [1.82, 2.24) is 10.6 Å². The van der Waals surface area contributed by atoms with E-state index in [1.165, 1.54) is 12.8 Å². The quantitative estimate of drug-likeness (QED) is 0.681. The highest BCUT2D eigenvalue weighted by Gasteiger charge is 2.43. The van der Waals surface area contributed by atoms with Crippen molar-refractivity contribution in [3.05, 3.63) is 0 Å². The van der Waals surface area contributed by atoms with Crippen LogP contribution in [0.15, 0.2) is 0 Å². The lowest BCUT2D eigenvalue weighted by Gasteiger charge is -2.13. The summed E-state index contributed by atoms with van der Waals surface area (Å²) >= 11 is 0. The molecule has 0 radical (unpaired) electrons. The van der Waals surface area contributed by atoms with Crippen LogP contribution >= 0.6 is 0 Å². The first-order valence-corrected chi connectivity index (χ1v) is 6.55. The number of alkyl halides is 3. The van der Waals surface area contributed by atoms with Crippen molar-refractivity contribution in [2.45, 2.75) is 51.2 Å². The molecule has 1 aliphatic rings. The van der Waals surface area contributed by atoms with Crippen LogP contribution in [0.4, 0.5) is 13.2 Å². The third-order valence-electron chi connectivity index (χ3n) is 3.31. The standard InChI is InChI=1S/C12H23F3N2/c1-2-3-4-6-16-7-5-11-8-10(9-17-11)12(13,14)15/h10-11,16-17H,2-9H2,1H3. The fraction of sp³-hybridized carbons (Fsp3) is 1.00. The summed E-state index contributed by atoms with van der Waals surface area (Å²) in [5, 5.41) is 6.23. The highest BCUT2D eigenvalue weighted by atomic mass is 19.4. The molecule has 1 heterocycles. The van der Waals surface area contributed by atoms with E-state index in [-0.39, 0.29) is 19.0 Å². The first-order valence-electron chi connectivity index (χ1n) is 6.55. The molecule has 0 saturated carbocycles. The number of nitrogens with one attached hydrogen (secondary N) is 2. The van der Waals surface area contributed by atoms with Crippen molar-refractivity contribution in [2.24, 2.45) is 5.92 Å². The Morgan fingerprint density at radius 1 is 1.24 bits per heavy atom. The number of hydrogen-bond donors (Lipinski definition) is 2. The first kappa shape index (κ1) is 14.8. The number of rotatable bonds is 7. The smallest absolute Gasteiger partial charge is 0.317 e. The lowest BCUT2D eigenvalue weighted by atomic mass is 10.0. The number of unbranched alkanes of at least 4 members (excludes halogenated alkanes) is 2. The highest BCUT2D eigenvalue weighted by Crippen LogP contribution is 2.32. The van der Waals surface area contributed by atoms with E-state index < -0.39 is 12.1 Å². The third-order valence-corrected chi connectivity index (χ3v) is 3.31. The molecule has 2 unspecified atom stereocenters. The van der Waals surface area contributed by atoms with Gasteiger partial charge in [-0.05, 0) is 32.4 Å². The molecule has 5 heteroatoms. The summed E-state index contributed by atoms with van der Waals surface area (Å²) < 4.78 is 37.2. The van der Waals surface area contributed by atoms with E-state index in [1.807, 2.05) is 0 Å². The summed E-state index contributed by atoms with van der Waals surface area (Å²) in [7, 11) is 0. The predicted molar refractivity (Wildman–Crippen MR) is 63.0 cm³/mol. The van der Waals surface area contributed by atoms with E-state index in [2.05, 4.69) is 17.6 Å². The van der Waals surface area contributed by atoms with Crippen molar-refractivity contribution in [1.29, 1.82) is 0 Å². The Hall–Kier alpha value is -0.290. The van der Waals surface area contributed by atoms with E-state index in [0.29, 0.717) is 0 Å². The van der Waals surface area contributed by atoms with Crippen LogP contribution in [0.25, 0.3) is 0 Å². The minimum absolute atomic E-state index is 0.0281.